The highest BCUT2D eigenvalue weighted by atomic mass is 16.4. The van der Waals surface area contributed by atoms with Crippen molar-refractivity contribution in [1.29, 1.82) is 0 Å². The molecular weight excluding hydrogens is 244 g/mol. The van der Waals surface area contributed by atoms with Gasteiger partial charge in [0, 0.05) is 25.6 Å². The van der Waals surface area contributed by atoms with E-state index in [1.807, 2.05) is 11.6 Å². The number of aliphatic carboxylic acids is 1. The van der Waals surface area contributed by atoms with E-state index in [0.29, 0.717) is 24.4 Å². The maximum atomic E-state index is 10.8. The number of carboxylic acids is 1. The molecule has 2 bridgehead atoms. The summed E-state index contributed by atoms with van der Waals surface area (Å²) in [5.41, 5.74) is 0. The van der Waals surface area contributed by atoms with E-state index in [-0.39, 0.29) is 0 Å². The molecule has 0 spiro atoms. The van der Waals surface area contributed by atoms with Gasteiger partial charge in [-0.05, 0) is 31.6 Å². The lowest BCUT2D eigenvalue weighted by molar-refractivity contribution is -0.138. The zero-order valence-corrected chi connectivity index (χ0v) is 11.2. The van der Waals surface area contributed by atoms with Crippen LogP contribution in [0.5, 0.6) is 0 Å². The van der Waals surface area contributed by atoms with Crippen LogP contribution in [0.3, 0.4) is 0 Å². The standard InChI is InChI=1S/C13H20N4O2/c1-16-8-14-15-12(16)7-17-10-2-3-11(17)5-9(4-10)6-13(18)19/h8-11H,2-7H2,1H3,(H,18,19). The van der Waals surface area contributed by atoms with Crippen LogP contribution < -0.4 is 0 Å². The van der Waals surface area contributed by atoms with Crippen molar-refractivity contribution >= 4 is 5.97 Å². The summed E-state index contributed by atoms with van der Waals surface area (Å²) in [6.07, 6.45) is 6.47. The molecule has 0 amide bonds. The Hall–Kier alpha value is -1.43. The van der Waals surface area contributed by atoms with Crippen LogP contribution in [0.4, 0.5) is 0 Å². The van der Waals surface area contributed by atoms with Crippen molar-refractivity contribution < 1.29 is 9.90 Å². The summed E-state index contributed by atoms with van der Waals surface area (Å²) in [6, 6.07) is 1.06. The molecule has 6 nitrogen and oxygen atoms in total. The molecule has 1 aromatic rings. The minimum atomic E-state index is -0.661. The van der Waals surface area contributed by atoms with Gasteiger partial charge in [-0.25, -0.2) is 0 Å². The zero-order chi connectivity index (χ0) is 13.4. The Morgan fingerprint density at radius 1 is 1.42 bits per heavy atom. The van der Waals surface area contributed by atoms with Gasteiger partial charge in [-0.1, -0.05) is 0 Å². The quantitative estimate of drug-likeness (QED) is 0.879. The Balaban J connectivity index is 1.66. The molecule has 2 saturated heterocycles. The molecule has 0 aliphatic carbocycles. The number of rotatable bonds is 4. The first-order valence-electron chi connectivity index (χ1n) is 6.94. The summed E-state index contributed by atoms with van der Waals surface area (Å²) in [4.78, 5) is 13.4. The van der Waals surface area contributed by atoms with Crippen molar-refractivity contribution in [2.24, 2.45) is 13.0 Å². The van der Waals surface area contributed by atoms with Crippen LogP contribution in [0, 0.1) is 5.92 Å². The van der Waals surface area contributed by atoms with Crippen LogP contribution in [0.25, 0.3) is 0 Å². The van der Waals surface area contributed by atoms with Crippen LogP contribution in [0.2, 0.25) is 0 Å². The molecule has 2 fully saturated rings. The maximum absolute atomic E-state index is 10.8. The molecule has 3 rings (SSSR count). The molecule has 2 atom stereocenters. The fourth-order valence-electron chi connectivity index (χ4n) is 3.67. The zero-order valence-electron chi connectivity index (χ0n) is 11.2. The predicted molar refractivity (Wildman–Crippen MR) is 68.3 cm³/mol. The number of aryl methyl sites for hydroxylation is 1. The summed E-state index contributed by atoms with van der Waals surface area (Å²) < 4.78 is 1.96. The topological polar surface area (TPSA) is 71.2 Å². The van der Waals surface area contributed by atoms with E-state index >= 15 is 0 Å². The monoisotopic (exact) mass is 264 g/mol. The first kappa shape index (κ1) is 12.6. The predicted octanol–water partition coefficient (Wildman–Crippen LogP) is 1.03. The third-order valence-corrected chi connectivity index (χ3v) is 4.57. The highest BCUT2D eigenvalue weighted by molar-refractivity contribution is 5.67. The molecule has 0 radical (unpaired) electrons. The van der Waals surface area contributed by atoms with E-state index < -0.39 is 5.97 Å². The highest BCUT2D eigenvalue weighted by Crippen LogP contribution is 2.40. The van der Waals surface area contributed by atoms with Crippen molar-refractivity contribution in [1.82, 2.24) is 19.7 Å². The van der Waals surface area contributed by atoms with Gasteiger partial charge in [0.05, 0.1) is 6.54 Å². The summed E-state index contributed by atoms with van der Waals surface area (Å²) >= 11 is 0. The van der Waals surface area contributed by atoms with Crippen molar-refractivity contribution in [2.45, 2.75) is 50.7 Å². The largest absolute Gasteiger partial charge is 0.481 e. The van der Waals surface area contributed by atoms with E-state index in [9.17, 15) is 4.79 Å². The van der Waals surface area contributed by atoms with Crippen molar-refractivity contribution in [3.8, 4) is 0 Å². The van der Waals surface area contributed by atoms with Gasteiger partial charge in [-0.3, -0.25) is 9.69 Å². The van der Waals surface area contributed by atoms with Gasteiger partial charge in [0.15, 0.2) is 0 Å². The maximum Gasteiger partial charge on any atom is 0.303 e. The van der Waals surface area contributed by atoms with Gasteiger partial charge in [-0.2, -0.15) is 0 Å². The van der Waals surface area contributed by atoms with E-state index in [2.05, 4.69) is 15.1 Å². The molecule has 19 heavy (non-hydrogen) atoms. The van der Waals surface area contributed by atoms with Gasteiger partial charge in [0.1, 0.15) is 12.2 Å². The summed E-state index contributed by atoms with van der Waals surface area (Å²) in [6.45, 7) is 0.839. The molecule has 3 heterocycles. The number of carboxylic acid groups (broad SMARTS) is 1. The van der Waals surface area contributed by atoms with E-state index in [1.54, 1.807) is 6.33 Å². The lowest BCUT2D eigenvalue weighted by atomic mass is 9.88. The molecular formula is C13H20N4O2. The van der Waals surface area contributed by atoms with Gasteiger partial charge >= 0.3 is 5.97 Å². The van der Waals surface area contributed by atoms with Crippen molar-refractivity contribution in [3.05, 3.63) is 12.2 Å². The minimum absolute atomic E-state index is 0.324. The SMILES string of the molecule is Cn1cnnc1CN1C2CCC1CC(CC(=O)O)C2. The summed E-state index contributed by atoms with van der Waals surface area (Å²) in [5, 5.41) is 17.0. The first-order chi connectivity index (χ1) is 9.13. The first-order valence-corrected chi connectivity index (χ1v) is 6.94. The van der Waals surface area contributed by atoms with Crippen LogP contribution in [-0.2, 0) is 18.4 Å². The second kappa shape index (κ2) is 4.92. The Labute approximate surface area is 112 Å². The Morgan fingerprint density at radius 3 is 2.63 bits per heavy atom. The number of aromatic nitrogens is 3. The number of nitrogens with zero attached hydrogens (tertiary/aromatic N) is 4. The Bertz CT molecular complexity index is 459. The summed E-state index contributed by atoms with van der Waals surface area (Å²) in [7, 11) is 1.97. The number of hydrogen-bond acceptors (Lipinski definition) is 4. The van der Waals surface area contributed by atoms with Crippen molar-refractivity contribution in [2.75, 3.05) is 0 Å². The van der Waals surface area contributed by atoms with E-state index in [4.69, 9.17) is 5.11 Å². The number of hydrogen-bond donors (Lipinski definition) is 1. The average molecular weight is 264 g/mol. The molecule has 2 aliphatic rings. The summed E-state index contributed by atoms with van der Waals surface area (Å²) in [5.74, 6) is 0.686. The molecule has 0 aromatic carbocycles. The Morgan fingerprint density at radius 2 is 2.11 bits per heavy atom. The average Bonchev–Trinajstić information content (AvgIpc) is 2.83. The fraction of sp³-hybridized carbons (Fsp3) is 0.769. The van der Waals surface area contributed by atoms with E-state index in [0.717, 1.165) is 25.2 Å². The van der Waals surface area contributed by atoms with Crippen molar-refractivity contribution in [3.63, 3.8) is 0 Å². The smallest absolute Gasteiger partial charge is 0.303 e. The van der Waals surface area contributed by atoms with Gasteiger partial charge in [0.25, 0.3) is 0 Å². The number of fused-ring (bicyclic) bond motifs is 2. The molecule has 0 saturated carbocycles. The fourth-order valence-corrected chi connectivity index (χ4v) is 3.67. The normalized spacial score (nSPS) is 30.7. The number of piperidine rings is 1. The Kier molecular flexibility index (Phi) is 3.26. The number of carbonyl (C=O) groups is 1. The van der Waals surface area contributed by atoms with Gasteiger partial charge < -0.3 is 9.67 Å². The highest BCUT2D eigenvalue weighted by Gasteiger charge is 2.41. The molecule has 104 valence electrons. The molecule has 6 heteroatoms. The lowest BCUT2D eigenvalue weighted by Gasteiger charge is -2.38. The van der Waals surface area contributed by atoms with Crippen LogP contribution in [0.15, 0.2) is 6.33 Å². The third kappa shape index (κ3) is 2.49. The molecule has 2 aliphatic heterocycles. The molecule has 1 N–H and O–H groups in total. The molecule has 1 aromatic heterocycles. The van der Waals surface area contributed by atoms with Crippen LogP contribution >= 0.6 is 0 Å². The lowest BCUT2D eigenvalue weighted by Crippen LogP contribution is -2.43. The second-order valence-corrected chi connectivity index (χ2v) is 5.85. The van der Waals surface area contributed by atoms with Gasteiger partial charge in [-0.15, -0.1) is 10.2 Å². The van der Waals surface area contributed by atoms with Gasteiger partial charge in [0.2, 0.25) is 0 Å². The van der Waals surface area contributed by atoms with E-state index in [1.165, 1.54) is 12.8 Å². The minimum Gasteiger partial charge on any atom is -0.481 e. The van der Waals surface area contributed by atoms with Crippen LogP contribution in [0.1, 0.15) is 37.9 Å². The molecule has 2 unspecified atom stereocenters. The van der Waals surface area contributed by atoms with Crippen LogP contribution in [-0.4, -0.2) is 42.8 Å². The second-order valence-electron chi connectivity index (χ2n) is 5.85. The third-order valence-electron chi connectivity index (χ3n) is 4.57.